The fraction of sp³-hybridized carbons (Fsp3) is 0.625. The number of phenolic OH excluding ortho intramolecular Hbond substituents is 1. The van der Waals surface area contributed by atoms with E-state index in [1.807, 2.05) is 26.2 Å². The van der Waals surface area contributed by atoms with Crippen LogP contribution in [0.5, 0.6) is 5.75 Å². The first kappa shape index (κ1) is 14.4. The molecular formula is C16H25NO2. The molecule has 1 saturated carbocycles. The number of hydrogen-bond acceptors (Lipinski definition) is 3. The maximum absolute atomic E-state index is 11.2. The summed E-state index contributed by atoms with van der Waals surface area (Å²) in [4.78, 5) is 2.13. The lowest BCUT2D eigenvalue weighted by atomic mass is 9.68. The zero-order valence-electron chi connectivity index (χ0n) is 12.1. The summed E-state index contributed by atoms with van der Waals surface area (Å²) in [5, 5.41) is 20.9. The molecule has 2 N–H and O–H groups in total. The first-order valence-electron chi connectivity index (χ1n) is 7.08. The Morgan fingerprint density at radius 3 is 2.68 bits per heavy atom. The summed E-state index contributed by atoms with van der Waals surface area (Å²) in [6, 6.07) is 7.11. The van der Waals surface area contributed by atoms with Gasteiger partial charge in [-0.15, -0.1) is 0 Å². The molecule has 0 unspecified atom stereocenters. The van der Waals surface area contributed by atoms with Crippen molar-refractivity contribution in [3.8, 4) is 5.75 Å². The van der Waals surface area contributed by atoms with Crippen LogP contribution in [0, 0.1) is 11.8 Å². The molecule has 1 aliphatic rings. The number of aromatic hydroxyl groups is 1. The summed E-state index contributed by atoms with van der Waals surface area (Å²) < 4.78 is 0. The molecule has 1 aliphatic carbocycles. The molecule has 3 atom stereocenters. The normalized spacial score (nSPS) is 31.6. The summed E-state index contributed by atoms with van der Waals surface area (Å²) in [5.74, 6) is 0.971. The summed E-state index contributed by atoms with van der Waals surface area (Å²) in [7, 11) is 4.09. The van der Waals surface area contributed by atoms with Crippen molar-refractivity contribution in [3.05, 3.63) is 29.8 Å². The van der Waals surface area contributed by atoms with E-state index >= 15 is 0 Å². The standard InChI is InChI=1S/C16H25NO2/c1-12-7-8-14(11-17(2)3)16(19,10-12)13-5-4-6-15(18)9-13/h4-6,9,12,14,18-19H,7-8,10-11H2,1-3H3/t12-,14+,16-/m0/s1. The van der Waals surface area contributed by atoms with E-state index in [2.05, 4.69) is 11.8 Å². The molecular weight excluding hydrogens is 238 g/mol. The number of aliphatic hydroxyl groups is 1. The summed E-state index contributed by atoms with van der Waals surface area (Å²) >= 11 is 0. The van der Waals surface area contributed by atoms with Gasteiger partial charge in [-0.2, -0.15) is 0 Å². The second-order valence-corrected chi connectivity index (χ2v) is 6.32. The molecule has 0 radical (unpaired) electrons. The minimum absolute atomic E-state index is 0.223. The third-order valence-electron chi connectivity index (χ3n) is 4.27. The van der Waals surface area contributed by atoms with Crippen molar-refractivity contribution in [2.75, 3.05) is 20.6 Å². The average Bonchev–Trinajstić information content (AvgIpc) is 2.32. The van der Waals surface area contributed by atoms with E-state index in [9.17, 15) is 10.2 Å². The molecule has 3 heteroatoms. The van der Waals surface area contributed by atoms with Crippen LogP contribution in [0.1, 0.15) is 31.7 Å². The maximum Gasteiger partial charge on any atom is 0.115 e. The van der Waals surface area contributed by atoms with E-state index < -0.39 is 5.60 Å². The van der Waals surface area contributed by atoms with E-state index in [0.717, 1.165) is 24.9 Å². The summed E-state index contributed by atoms with van der Waals surface area (Å²) in [6.45, 7) is 3.07. The lowest BCUT2D eigenvalue weighted by Gasteiger charge is -2.44. The van der Waals surface area contributed by atoms with Gasteiger partial charge >= 0.3 is 0 Å². The molecule has 1 aromatic rings. The highest BCUT2D eigenvalue weighted by Crippen LogP contribution is 2.44. The Bertz CT molecular complexity index is 433. The third-order valence-corrected chi connectivity index (χ3v) is 4.27. The zero-order chi connectivity index (χ0) is 14.0. The van der Waals surface area contributed by atoms with Gasteiger partial charge in [0.15, 0.2) is 0 Å². The fourth-order valence-electron chi connectivity index (χ4n) is 3.34. The van der Waals surface area contributed by atoms with E-state index in [1.165, 1.54) is 6.42 Å². The van der Waals surface area contributed by atoms with Crippen molar-refractivity contribution in [3.63, 3.8) is 0 Å². The summed E-state index contributed by atoms with van der Waals surface area (Å²) in [6.07, 6.45) is 2.97. The predicted molar refractivity (Wildman–Crippen MR) is 77.1 cm³/mol. The van der Waals surface area contributed by atoms with Gasteiger partial charge in [0.1, 0.15) is 5.75 Å². The smallest absolute Gasteiger partial charge is 0.115 e. The van der Waals surface area contributed by atoms with Crippen LogP contribution >= 0.6 is 0 Å². The Morgan fingerprint density at radius 1 is 1.32 bits per heavy atom. The predicted octanol–water partition coefficient (Wildman–Crippen LogP) is 2.58. The topological polar surface area (TPSA) is 43.7 Å². The lowest BCUT2D eigenvalue weighted by molar-refractivity contribution is -0.0766. The van der Waals surface area contributed by atoms with Gasteiger partial charge in [0.25, 0.3) is 0 Å². The molecule has 0 bridgehead atoms. The van der Waals surface area contributed by atoms with E-state index in [-0.39, 0.29) is 11.7 Å². The van der Waals surface area contributed by atoms with Gasteiger partial charge in [0.2, 0.25) is 0 Å². The lowest BCUT2D eigenvalue weighted by Crippen LogP contribution is -2.44. The Kier molecular flexibility index (Phi) is 4.16. The van der Waals surface area contributed by atoms with E-state index in [1.54, 1.807) is 12.1 Å². The molecule has 2 rings (SSSR count). The second-order valence-electron chi connectivity index (χ2n) is 6.32. The first-order chi connectivity index (χ1) is 8.91. The van der Waals surface area contributed by atoms with Crippen LogP contribution in [0.25, 0.3) is 0 Å². The largest absolute Gasteiger partial charge is 0.508 e. The number of benzene rings is 1. The van der Waals surface area contributed by atoms with E-state index in [4.69, 9.17) is 0 Å². The van der Waals surface area contributed by atoms with Crippen LogP contribution in [0.4, 0.5) is 0 Å². The van der Waals surface area contributed by atoms with Crippen LogP contribution in [0.2, 0.25) is 0 Å². The third kappa shape index (κ3) is 3.10. The van der Waals surface area contributed by atoms with Gasteiger partial charge in [0.05, 0.1) is 5.60 Å². The highest BCUT2D eigenvalue weighted by molar-refractivity contribution is 5.32. The maximum atomic E-state index is 11.2. The van der Waals surface area contributed by atoms with Crippen LogP contribution in [0.3, 0.4) is 0 Å². The minimum Gasteiger partial charge on any atom is -0.508 e. The zero-order valence-corrected chi connectivity index (χ0v) is 12.1. The molecule has 0 spiro atoms. The van der Waals surface area contributed by atoms with Crippen molar-refractivity contribution in [1.29, 1.82) is 0 Å². The molecule has 1 aromatic carbocycles. The molecule has 106 valence electrons. The highest BCUT2D eigenvalue weighted by Gasteiger charge is 2.42. The van der Waals surface area contributed by atoms with Crippen molar-refractivity contribution in [2.45, 2.75) is 31.8 Å². The molecule has 3 nitrogen and oxygen atoms in total. The Hall–Kier alpha value is -1.06. The Labute approximate surface area is 115 Å². The van der Waals surface area contributed by atoms with Crippen molar-refractivity contribution in [1.82, 2.24) is 4.90 Å². The van der Waals surface area contributed by atoms with Gasteiger partial charge in [-0.05, 0) is 50.6 Å². The summed E-state index contributed by atoms with van der Waals surface area (Å²) in [5.41, 5.74) is 0.0339. The van der Waals surface area contributed by atoms with Crippen molar-refractivity contribution < 1.29 is 10.2 Å². The average molecular weight is 263 g/mol. The highest BCUT2D eigenvalue weighted by atomic mass is 16.3. The SMILES string of the molecule is C[C@H]1CC[C@H](CN(C)C)[C@@](O)(c2cccc(O)c2)C1. The second kappa shape index (κ2) is 5.51. The molecule has 0 heterocycles. The van der Waals surface area contributed by atoms with Crippen molar-refractivity contribution >= 4 is 0 Å². The van der Waals surface area contributed by atoms with Crippen LogP contribution < -0.4 is 0 Å². The number of phenols is 1. The minimum atomic E-state index is -0.819. The number of nitrogens with zero attached hydrogens (tertiary/aromatic N) is 1. The molecule has 0 saturated heterocycles. The van der Waals surface area contributed by atoms with Crippen LogP contribution in [-0.2, 0) is 5.60 Å². The number of hydrogen-bond donors (Lipinski definition) is 2. The molecule has 19 heavy (non-hydrogen) atoms. The first-order valence-corrected chi connectivity index (χ1v) is 7.08. The fourth-order valence-corrected chi connectivity index (χ4v) is 3.34. The van der Waals surface area contributed by atoms with Gasteiger partial charge in [-0.25, -0.2) is 0 Å². The van der Waals surface area contributed by atoms with Crippen LogP contribution in [0.15, 0.2) is 24.3 Å². The Morgan fingerprint density at radius 2 is 2.05 bits per heavy atom. The van der Waals surface area contributed by atoms with Gasteiger partial charge < -0.3 is 15.1 Å². The van der Waals surface area contributed by atoms with E-state index in [0.29, 0.717) is 5.92 Å². The quantitative estimate of drug-likeness (QED) is 0.881. The molecule has 0 aromatic heterocycles. The Balaban J connectivity index is 2.33. The number of rotatable bonds is 3. The monoisotopic (exact) mass is 263 g/mol. The van der Waals surface area contributed by atoms with Gasteiger partial charge in [0, 0.05) is 12.5 Å². The van der Waals surface area contributed by atoms with Gasteiger partial charge in [-0.3, -0.25) is 0 Å². The molecule has 0 aliphatic heterocycles. The molecule has 1 fully saturated rings. The van der Waals surface area contributed by atoms with Crippen molar-refractivity contribution in [2.24, 2.45) is 11.8 Å². The van der Waals surface area contributed by atoms with Gasteiger partial charge in [-0.1, -0.05) is 25.5 Å². The van der Waals surface area contributed by atoms with Crippen LogP contribution in [-0.4, -0.2) is 35.8 Å². The molecule has 0 amide bonds.